The van der Waals surface area contributed by atoms with E-state index in [4.69, 9.17) is 9.15 Å². The molecular weight excluding hydrogens is 298 g/mol. The summed E-state index contributed by atoms with van der Waals surface area (Å²) in [7, 11) is 1.25. The van der Waals surface area contributed by atoms with Crippen molar-refractivity contribution in [2.75, 3.05) is 13.7 Å². The Bertz CT molecular complexity index is 685. The molecule has 1 N–H and O–H groups in total. The lowest BCUT2D eigenvalue weighted by Crippen LogP contribution is -2.29. The topological polar surface area (TPSA) is 77.8 Å². The summed E-state index contributed by atoms with van der Waals surface area (Å²) >= 11 is 0. The van der Waals surface area contributed by atoms with Crippen molar-refractivity contribution in [3.8, 4) is 5.75 Å². The number of benzene rings is 1. The summed E-state index contributed by atoms with van der Waals surface area (Å²) in [5.41, 5.74) is 2.07. The maximum Gasteiger partial charge on any atom is 0.325 e. The van der Waals surface area contributed by atoms with Gasteiger partial charge in [0, 0.05) is 0 Å². The molecule has 6 heteroatoms. The Kier molecular flexibility index (Phi) is 5.41. The summed E-state index contributed by atoms with van der Waals surface area (Å²) in [6.45, 7) is 3.95. The van der Waals surface area contributed by atoms with E-state index in [9.17, 15) is 9.59 Å². The number of rotatable bonds is 6. The smallest absolute Gasteiger partial charge is 0.325 e. The molecule has 0 fully saturated rings. The lowest BCUT2D eigenvalue weighted by Gasteiger charge is -2.10. The summed E-state index contributed by atoms with van der Waals surface area (Å²) in [5.74, 6) is 0.447. The van der Waals surface area contributed by atoms with Gasteiger partial charge in [0.15, 0.2) is 5.76 Å². The van der Waals surface area contributed by atoms with Gasteiger partial charge in [-0.1, -0.05) is 18.2 Å². The summed E-state index contributed by atoms with van der Waals surface area (Å²) < 4.78 is 15.6. The Morgan fingerprint density at radius 2 is 1.83 bits per heavy atom. The summed E-state index contributed by atoms with van der Waals surface area (Å²) in [5, 5.41) is 2.41. The predicted octanol–water partition coefficient (Wildman–Crippen LogP) is 2.38. The highest BCUT2D eigenvalue weighted by Gasteiger charge is 2.13. The van der Waals surface area contributed by atoms with E-state index in [1.807, 2.05) is 32.0 Å². The summed E-state index contributed by atoms with van der Waals surface area (Å²) in [6, 6.07) is 9.11. The molecule has 0 unspecified atom stereocenters. The van der Waals surface area contributed by atoms with Crippen LogP contribution in [-0.4, -0.2) is 25.5 Å². The van der Waals surface area contributed by atoms with Gasteiger partial charge in [0.25, 0.3) is 5.91 Å². The Morgan fingerprint density at radius 1 is 1.13 bits per heavy atom. The fourth-order valence-corrected chi connectivity index (χ4v) is 2.06. The second kappa shape index (κ2) is 7.49. The first kappa shape index (κ1) is 16.6. The van der Waals surface area contributed by atoms with Gasteiger partial charge in [0.2, 0.25) is 0 Å². The molecule has 0 aliphatic rings. The SMILES string of the molecule is COC(=O)CNC(=O)c1ccc(COc2c(C)cccc2C)o1. The summed E-state index contributed by atoms with van der Waals surface area (Å²) in [4.78, 5) is 22.8. The molecule has 0 aliphatic carbocycles. The number of carbonyl (C=O) groups is 2. The number of hydrogen-bond acceptors (Lipinski definition) is 5. The third-order valence-electron chi connectivity index (χ3n) is 3.27. The normalized spacial score (nSPS) is 10.2. The van der Waals surface area contributed by atoms with E-state index < -0.39 is 11.9 Å². The van der Waals surface area contributed by atoms with Crippen LogP contribution in [0.2, 0.25) is 0 Å². The Hall–Kier alpha value is -2.76. The Balaban J connectivity index is 1.94. The van der Waals surface area contributed by atoms with Crippen molar-refractivity contribution in [2.45, 2.75) is 20.5 Å². The number of esters is 1. The zero-order valence-electron chi connectivity index (χ0n) is 13.3. The zero-order valence-corrected chi connectivity index (χ0v) is 13.3. The van der Waals surface area contributed by atoms with Crippen molar-refractivity contribution < 1.29 is 23.5 Å². The molecule has 6 nitrogen and oxygen atoms in total. The van der Waals surface area contributed by atoms with Crippen LogP contribution in [0.4, 0.5) is 0 Å². The number of hydrogen-bond donors (Lipinski definition) is 1. The third kappa shape index (κ3) is 4.35. The molecule has 0 bridgehead atoms. The fraction of sp³-hybridized carbons (Fsp3) is 0.294. The van der Waals surface area contributed by atoms with Crippen LogP contribution in [0.25, 0.3) is 0 Å². The number of ether oxygens (including phenoxy) is 2. The van der Waals surface area contributed by atoms with Crippen LogP contribution in [0.15, 0.2) is 34.7 Å². The van der Waals surface area contributed by atoms with E-state index in [0.29, 0.717) is 5.76 Å². The van der Waals surface area contributed by atoms with Crippen LogP contribution in [-0.2, 0) is 16.1 Å². The number of aryl methyl sites for hydroxylation is 2. The number of carbonyl (C=O) groups excluding carboxylic acids is 2. The Morgan fingerprint density at radius 3 is 2.48 bits per heavy atom. The predicted molar refractivity (Wildman–Crippen MR) is 83.3 cm³/mol. The molecule has 1 aromatic heterocycles. The van der Waals surface area contributed by atoms with Gasteiger partial charge in [0.1, 0.15) is 24.7 Å². The number of methoxy groups -OCH3 is 1. The van der Waals surface area contributed by atoms with Gasteiger partial charge in [-0.2, -0.15) is 0 Å². The quantitative estimate of drug-likeness (QED) is 0.828. The number of furan rings is 1. The van der Waals surface area contributed by atoms with Gasteiger partial charge in [-0.3, -0.25) is 9.59 Å². The number of para-hydroxylation sites is 1. The largest absolute Gasteiger partial charge is 0.485 e. The first-order chi connectivity index (χ1) is 11.0. The first-order valence-corrected chi connectivity index (χ1v) is 7.14. The van der Waals surface area contributed by atoms with Gasteiger partial charge in [-0.25, -0.2) is 0 Å². The van der Waals surface area contributed by atoms with Crippen LogP contribution < -0.4 is 10.1 Å². The summed E-state index contributed by atoms with van der Waals surface area (Å²) in [6.07, 6.45) is 0. The Labute approximate surface area is 134 Å². The second-order valence-electron chi connectivity index (χ2n) is 5.03. The van der Waals surface area contributed by atoms with E-state index in [0.717, 1.165) is 16.9 Å². The van der Waals surface area contributed by atoms with Crippen molar-refractivity contribution in [1.82, 2.24) is 5.32 Å². The van der Waals surface area contributed by atoms with Crippen molar-refractivity contribution >= 4 is 11.9 Å². The van der Waals surface area contributed by atoms with Crippen LogP contribution >= 0.6 is 0 Å². The zero-order chi connectivity index (χ0) is 16.8. The van der Waals surface area contributed by atoms with Crippen molar-refractivity contribution in [3.05, 3.63) is 53.0 Å². The molecule has 1 heterocycles. The van der Waals surface area contributed by atoms with Gasteiger partial charge >= 0.3 is 5.97 Å². The fourth-order valence-electron chi connectivity index (χ4n) is 2.06. The third-order valence-corrected chi connectivity index (χ3v) is 3.27. The maximum absolute atomic E-state index is 11.8. The minimum absolute atomic E-state index is 0.119. The highest BCUT2D eigenvalue weighted by atomic mass is 16.5. The lowest BCUT2D eigenvalue weighted by molar-refractivity contribution is -0.139. The van der Waals surface area contributed by atoms with Crippen LogP contribution in [0, 0.1) is 13.8 Å². The number of nitrogens with one attached hydrogen (secondary N) is 1. The van der Waals surface area contributed by atoms with Crippen LogP contribution in [0.3, 0.4) is 0 Å². The molecule has 0 saturated heterocycles. The van der Waals surface area contributed by atoms with Gasteiger partial charge in [0.05, 0.1) is 7.11 Å². The van der Waals surface area contributed by atoms with Gasteiger partial charge < -0.3 is 19.2 Å². The highest BCUT2D eigenvalue weighted by Crippen LogP contribution is 2.23. The van der Waals surface area contributed by atoms with E-state index >= 15 is 0 Å². The molecule has 0 atom stereocenters. The van der Waals surface area contributed by atoms with Crippen LogP contribution in [0.5, 0.6) is 5.75 Å². The van der Waals surface area contributed by atoms with Crippen molar-refractivity contribution in [2.24, 2.45) is 0 Å². The minimum Gasteiger partial charge on any atom is -0.485 e. The molecule has 23 heavy (non-hydrogen) atoms. The molecule has 1 aromatic carbocycles. The van der Waals surface area contributed by atoms with Crippen LogP contribution in [0.1, 0.15) is 27.4 Å². The second-order valence-corrected chi connectivity index (χ2v) is 5.03. The van der Waals surface area contributed by atoms with Gasteiger partial charge in [-0.05, 0) is 37.1 Å². The van der Waals surface area contributed by atoms with E-state index in [1.165, 1.54) is 13.2 Å². The molecular formula is C17H19NO5. The standard InChI is InChI=1S/C17H19NO5/c1-11-5-4-6-12(2)16(11)22-10-13-7-8-14(23-13)17(20)18-9-15(19)21-3/h4-8H,9-10H2,1-3H3,(H,18,20). The van der Waals surface area contributed by atoms with E-state index in [2.05, 4.69) is 10.1 Å². The molecule has 0 saturated carbocycles. The monoisotopic (exact) mass is 317 g/mol. The maximum atomic E-state index is 11.8. The number of amides is 1. The highest BCUT2D eigenvalue weighted by molar-refractivity contribution is 5.93. The molecule has 0 aliphatic heterocycles. The van der Waals surface area contributed by atoms with E-state index in [1.54, 1.807) is 6.07 Å². The molecule has 122 valence electrons. The molecule has 0 spiro atoms. The molecule has 2 aromatic rings. The minimum atomic E-state index is -0.525. The molecule has 0 radical (unpaired) electrons. The van der Waals surface area contributed by atoms with Gasteiger partial charge in [-0.15, -0.1) is 0 Å². The van der Waals surface area contributed by atoms with Crippen molar-refractivity contribution in [3.63, 3.8) is 0 Å². The average molecular weight is 317 g/mol. The molecule has 2 rings (SSSR count). The first-order valence-electron chi connectivity index (χ1n) is 7.14. The molecule has 1 amide bonds. The average Bonchev–Trinajstić information content (AvgIpc) is 3.00. The van der Waals surface area contributed by atoms with E-state index in [-0.39, 0.29) is 18.9 Å². The lowest BCUT2D eigenvalue weighted by atomic mass is 10.1. The van der Waals surface area contributed by atoms with Crippen molar-refractivity contribution in [1.29, 1.82) is 0 Å².